The van der Waals surface area contributed by atoms with E-state index >= 15 is 0 Å². The summed E-state index contributed by atoms with van der Waals surface area (Å²) in [4.78, 5) is 2.33. The Bertz CT molecular complexity index is 375. The molecule has 2 fully saturated rings. The van der Waals surface area contributed by atoms with Gasteiger partial charge in [-0.15, -0.1) is 0 Å². The minimum absolute atomic E-state index is 0.00789. The zero-order valence-electron chi connectivity index (χ0n) is 12.1. The van der Waals surface area contributed by atoms with E-state index < -0.39 is 10.0 Å². The Morgan fingerprint density at radius 3 is 2.42 bits per heavy atom. The second-order valence-electron chi connectivity index (χ2n) is 6.06. The largest absolute Gasteiger partial charge is 0.313 e. The lowest BCUT2D eigenvalue weighted by Crippen LogP contribution is -2.46. The van der Waals surface area contributed by atoms with Gasteiger partial charge in [0.1, 0.15) is 0 Å². The molecule has 0 spiro atoms. The molecule has 2 atom stereocenters. The predicted molar refractivity (Wildman–Crippen MR) is 77.7 cm³/mol. The van der Waals surface area contributed by atoms with E-state index in [2.05, 4.69) is 14.9 Å². The molecule has 1 aliphatic carbocycles. The highest BCUT2D eigenvalue weighted by Crippen LogP contribution is 2.18. The van der Waals surface area contributed by atoms with Crippen molar-refractivity contribution in [1.82, 2.24) is 14.9 Å². The summed E-state index contributed by atoms with van der Waals surface area (Å²) in [7, 11) is -3.21. The van der Waals surface area contributed by atoms with Crippen molar-refractivity contribution in [3.63, 3.8) is 0 Å². The summed E-state index contributed by atoms with van der Waals surface area (Å²) in [5.41, 5.74) is 0. The Balaban J connectivity index is 1.73. The van der Waals surface area contributed by atoms with Gasteiger partial charge in [0.05, 0.1) is 5.25 Å². The van der Waals surface area contributed by atoms with Crippen LogP contribution < -0.4 is 10.0 Å². The molecule has 2 rings (SSSR count). The average Bonchev–Trinajstić information content (AvgIpc) is 3.02. The van der Waals surface area contributed by atoms with Gasteiger partial charge in [-0.1, -0.05) is 0 Å². The fourth-order valence-electron chi connectivity index (χ4n) is 2.52. The van der Waals surface area contributed by atoms with Gasteiger partial charge >= 0.3 is 0 Å². The van der Waals surface area contributed by atoms with Crippen LogP contribution in [0, 0.1) is 0 Å². The maximum absolute atomic E-state index is 12.2. The van der Waals surface area contributed by atoms with Crippen LogP contribution in [0.15, 0.2) is 0 Å². The highest BCUT2D eigenvalue weighted by Gasteiger charge is 2.27. The molecule has 2 unspecified atom stereocenters. The van der Waals surface area contributed by atoms with Gasteiger partial charge in [0, 0.05) is 25.2 Å². The van der Waals surface area contributed by atoms with Crippen LogP contribution in [0.2, 0.25) is 0 Å². The van der Waals surface area contributed by atoms with Crippen LogP contribution >= 0.6 is 0 Å². The molecular formula is C13H27N3O2S. The Morgan fingerprint density at radius 1 is 1.21 bits per heavy atom. The summed E-state index contributed by atoms with van der Waals surface area (Å²) in [6, 6.07) is 0.547. The van der Waals surface area contributed by atoms with Crippen molar-refractivity contribution < 1.29 is 8.42 Å². The van der Waals surface area contributed by atoms with Crippen LogP contribution in [0.4, 0.5) is 0 Å². The summed E-state index contributed by atoms with van der Waals surface area (Å²) in [5, 5.41) is 2.91. The monoisotopic (exact) mass is 289 g/mol. The molecule has 0 aromatic carbocycles. The summed E-state index contributed by atoms with van der Waals surface area (Å²) in [6.07, 6.45) is 4.85. The maximum atomic E-state index is 12.2. The maximum Gasteiger partial charge on any atom is 0.215 e. The number of sulfonamides is 1. The zero-order valence-corrected chi connectivity index (χ0v) is 12.9. The Morgan fingerprint density at radius 2 is 1.84 bits per heavy atom. The average molecular weight is 289 g/mol. The second-order valence-corrected chi connectivity index (χ2v) is 8.20. The van der Waals surface area contributed by atoms with Crippen LogP contribution in [0.25, 0.3) is 0 Å². The topological polar surface area (TPSA) is 61.4 Å². The molecule has 19 heavy (non-hydrogen) atoms. The molecule has 112 valence electrons. The summed E-state index contributed by atoms with van der Waals surface area (Å²) >= 11 is 0. The molecule has 0 aromatic heterocycles. The van der Waals surface area contributed by atoms with Crippen LogP contribution in [-0.4, -0.2) is 56.8 Å². The van der Waals surface area contributed by atoms with Crippen LogP contribution in [-0.2, 0) is 10.0 Å². The molecule has 2 aliphatic rings. The fraction of sp³-hybridized carbons (Fsp3) is 1.00. The third kappa shape index (κ3) is 5.02. The summed E-state index contributed by atoms with van der Waals surface area (Å²) < 4.78 is 27.2. The van der Waals surface area contributed by atoms with Gasteiger partial charge in [0.25, 0.3) is 0 Å². The quantitative estimate of drug-likeness (QED) is 0.684. The Hall–Kier alpha value is -0.170. The van der Waals surface area contributed by atoms with E-state index in [1.807, 2.05) is 6.92 Å². The lowest BCUT2D eigenvalue weighted by Gasteiger charge is -2.23. The van der Waals surface area contributed by atoms with Crippen LogP contribution in [0.5, 0.6) is 0 Å². The van der Waals surface area contributed by atoms with Crippen molar-refractivity contribution in [3.8, 4) is 0 Å². The van der Waals surface area contributed by atoms with Crippen molar-refractivity contribution in [2.24, 2.45) is 0 Å². The van der Waals surface area contributed by atoms with Crippen molar-refractivity contribution in [1.29, 1.82) is 0 Å². The van der Waals surface area contributed by atoms with Gasteiger partial charge < -0.3 is 10.2 Å². The normalized spacial score (nSPS) is 24.5. The molecule has 1 heterocycles. The van der Waals surface area contributed by atoms with Crippen LogP contribution in [0.3, 0.4) is 0 Å². The van der Waals surface area contributed by atoms with E-state index in [1.54, 1.807) is 6.92 Å². The first kappa shape index (κ1) is 15.2. The molecule has 1 saturated heterocycles. The number of hydrogen-bond donors (Lipinski definition) is 2. The van der Waals surface area contributed by atoms with Crippen molar-refractivity contribution in [2.75, 3.05) is 26.2 Å². The third-order valence-corrected chi connectivity index (χ3v) is 5.85. The SMILES string of the molecule is CC(CN1CCCC1)NS(=O)(=O)C(C)CNC1CC1. The lowest BCUT2D eigenvalue weighted by atomic mass is 10.3. The standard InChI is InChI=1S/C13H27N3O2S/c1-11(10-16-7-3-4-8-16)15-19(17,18)12(2)9-14-13-5-6-13/h11-15H,3-10H2,1-2H3. The van der Waals surface area contributed by atoms with Gasteiger partial charge in [-0.25, -0.2) is 13.1 Å². The highest BCUT2D eigenvalue weighted by atomic mass is 32.2. The molecule has 6 heteroatoms. The van der Waals surface area contributed by atoms with Crippen molar-refractivity contribution in [2.45, 2.75) is 56.9 Å². The second kappa shape index (κ2) is 6.52. The number of rotatable bonds is 8. The van der Waals surface area contributed by atoms with Gasteiger partial charge in [0.2, 0.25) is 10.0 Å². The van der Waals surface area contributed by atoms with E-state index in [4.69, 9.17) is 0 Å². The molecule has 5 nitrogen and oxygen atoms in total. The molecule has 0 amide bonds. The third-order valence-electron chi connectivity index (χ3n) is 3.90. The predicted octanol–water partition coefficient (Wildman–Crippen LogP) is 0.531. The first-order valence-electron chi connectivity index (χ1n) is 7.44. The lowest BCUT2D eigenvalue weighted by molar-refractivity contribution is 0.312. The minimum Gasteiger partial charge on any atom is -0.313 e. The van der Waals surface area contributed by atoms with E-state index in [0.717, 1.165) is 19.6 Å². The van der Waals surface area contributed by atoms with E-state index in [-0.39, 0.29) is 11.3 Å². The minimum atomic E-state index is -3.21. The highest BCUT2D eigenvalue weighted by molar-refractivity contribution is 7.90. The van der Waals surface area contributed by atoms with Gasteiger partial charge in [-0.2, -0.15) is 0 Å². The zero-order chi connectivity index (χ0) is 13.9. The first-order chi connectivity index (χ1) is 8.97. The van der Waals surface area contributed by atoms with Gasteiger partial charge in [0.15, 0.2) is 0 Å². The summed E-state index contributed by atoms with van der Waals surface area (Å²) in [6.45, 7) is 7.31. The molecule has 1 aliphatic heterocycles. The number of nitrogens with zero attached hydrogens (tertiary/aromatic N) is 1. The van der Waals surface area contributed by atoms with E-state index in [9.17, 15) is 8.42 Å². The Kier molecular flexibility index (Phi) is 5.22. The number of likely N-dealkylation sites (tertiary alicyclic amines) is 1. The fourth-order valence-corrected chi connectivity index (χ4v) is 3.70. The van der Waals surface area contributed by atoms with Crippen molar-refractivity contribution in [3.05, 3.63) is 0 Å². The molecule has 2 N–H and O–H groups in total. The summed E-state index contributed by atoms with van der Waals surface area (Å²) in [5.74, 6) is 0. The molecule has 0 radical (unpaired) electrons. The smallest absolute Gasteiger partial charge is 0.215 e. The van der Waals surface area contributed by atoms with E-state index in [0.29, 0.717) is 12.6 Å². The number of nitrogens with one attached hydrogen (secondary N) is 2. The molecule has 0 aromatic rings. The van der Waals surface area contributed by atoms with E-state index in [1.165, 1.54) is 25.7 Å². The molecular weight excluding hydrogens is 262 g/mol. The molecule has 0 bridgehead atoms. The van der Waals surface area contributed by atoms with Gasteiger partial charge in [-0.05, 0) is 52.6 Å². The van der Waals surface area contributed by atoms with Crippen molar-refractivity contribution >= 4 is 10.0 Å². The van der Waals surface area contributed by atoms with Crippen LogP contribution in [0.1, 0.15) is 39.5 Å². The first-order valence-corrected chi connectivity index (χ1v) is 8.99. The molecule has 1 saturated carbocycles. The number of hydrogen-bond acceptors (Lipinski definition) is 4. The Labute approximate surface area is 117 Å². The van der Waals surface area contributed by atoms with Gasteiger partial charge in [-0.3, -0.25) is 0 Å².